The summed E-state index contributed by atoms with van der Waals surface area (Å²) >= 11 is 1.79. The van der Waals surface area contributed by atoms with Crippen LogP contribution in [-0.4, -0.2) is 63.6 Å². The SMILES string of the molecule is CN=C(NCCCCN1CCOCC1)NCc1ccc(C)cc1SC.I. The second kappa shape index (κ2) is 13.6. The average molecular weight is 492 g/mol. The summed E-state index contributed by atoms with van der Waals surface area (Å²) in [7, 11) is 1.83. The van der Waals surface area contributed by atoms with Crippen molar-refractivity contribution in [2.24, 2.45) is 4.99 Å². The van der Waals surface area contributed by atoms with Crippen LogP contribution >= 0.6 is 35.7 Å². The quantitative estimate of drug-likeness (QED) is 0.192. The van der Waals surface area contributed by atoms with E-state index in [4.69, 9.17) is 4.74 Å². The first-order valence-electron chi connectivity index (χ1n) is 9.11. The van der Waals surface area contributed by atoms with Crippen LogP contribution in [0, 0.1) is 6.92 Å². The van der Waals surface area contributed by atoms with Gasteiger partial charge in [-0.05, 0) is 49.8 Å². The zero-order valence-electron chi connectivity index (χ0n) is 16.2. The molecule has 0 atom stereocenters. The number of ether oxygens (including phenoxy) is 1. The number of halogens is 1. The first-order valence-corrected chi connectivity index (χ1v) is 10.3. The lowest BCUT2D eigenvalue weighted by atomic mass is 10.1. The van der Waals surface area contributed by atoms with Crippen molar-refractivity contribution in [2.75, 3.05) is 52.7 Å². The highest BCUT2D eigenvalue weighted by Crippen LogP contribution is 2.21. The molecule has 0 unspecified atom stereocenters. The summed E-state index contributed by atoms with van der Waals surface area (Å²) in [6.45, 7) is 8.96. The van der Waals surface area contributed by atoms with Crippen LogP contribution in [0.25, 0.3) is 0 Å². The maximum Gasteiger partial charge on any atom is 0.191 e. The molecule has 0 aliphatic carbocycles. The number of benzene rings is 1. The van der Waals surface area contributed by atoms with E-state index in [0.717, 1.165) is 58.3 Å². The van der Waals surface area contributed by atoms with E-state index in [1.54, 1.807) is 11.8 Å². The Labute approximate surface area is 179 Å². The number of aryl methyl sites for hydroxylation is 1. The number of nitrogens with one attached hydrogen (secondary N) is 2. The Morgan fingerprint density at radius 3 is 2.69 bits per heavy atom. The van der Waals surface area contributed by atoms with Crippen LogP contribution in [-0.2, 0) is 11.3 Å². The van der Waals surface area contributed by atoms with E-state index < -0.39 is 0 Å². The summed E-state index contributed by atoms with van der Waals surface area (Å²) in [5, 5.41) is 6.83. The van der Waals surface area contributed by atoms with Crippen LogP contribution in [0.15, 0.2) is 28.1 Å². The van der Waals surface area contributed by atoms with Crippen molar-refractivity contribution < 1.29 is 4.74 Å². The number of nitrogens with zero attached hydrogens (tertiary/aromatic N) is 2. The number of guanidine groups is 1. The summed E-state index contributed by atoms with van der Waals surface area (Å²) in [5.41, 5.74) is 2.62. The summed E-state index contributed by atoms with van der Waals surface area (Å²) in [6.07, 6.45) is 4.48. The Hall–Kier alpha value is -0.510. The van der Waals surface area contributed by atoms with Crippen molar-refractivity contribution >= 4 is 41.7 Å². The molecular weight excluding hydrogens is 459 g/mol. The van der Waals surface area contributed by atoms with E-state index in [9.17, 15) is 0 Å². The minimum atomic E-state index is 0. The fraction of sp³-hybridized carbons (Fsp3) is 0.632. The second-order valence-corrected chi connectivity index (χ2v) is 7.18. The molecule has 7 heteroatoms. The monoisotopic (exact) mass is 492 g/mol. The fourth-order valence-corrected chi connectivity index (χ4v) is 3.60. The Morgan fingerprint density at radius 1 is 1.23 bits per heavy atom. The van der Waals surface area contributed by atoms with E-state index in [-0.39, 0.29) is 24.0 Å². The molecule has 1 aromatic carbocycles. The van der Waals surface area contributed by atoms with Crippen LogP contribution in [0.4, 0.5) is 0 Å². The Kier molecular flexibility index (Phi) is 12.3. The molecule has 0 amide bonds. The largest absolute Gasteiger partial charge is 0.379 e. The molecule has 0 radical (unpaired) electrons. The van der Waals surface area contributed by atoms with E-state index in [1.165, 1.54) is 22.4 Å². The zero-order valence-corrected chi connectivity index (χ0v) is 19.4. The number of rotatable bonds is 8. The van der Waals surface area contributed by atoms with Gasteiger partial charge in [0.15, 0.2) is 5.96 Å². The highest BCUT2D eigenvalue weighted by Gasteiger charge is 2.09. The number of hydrogen-bond acceptors (Lipinski definition) is 4. The van der Waals surface area contributed by atoms with Crippen molar-refractivity contribution in [3.63, 3.8) is 0 Å². The average Bonchev–Trinajstić information content (AvgIpc) is 2.65. The number of hydrogen-bond donors (Lipinski definition) is 2. The van der Waals surface area contributed by atoms with E-state index in [0.29, 0.717) is 0 Å². The van der Waals surface area contributed by atoms with Gasteiger partial charge in [-0.25, -0.2) is 0 Å². The first kappa shape index (κ1) is 23.5. The summed E-state index contributed by atoms with van der Waals surface area (Å²) in [4.78, 5) is 8.14. The second-order valence-electron chi connectivity index (χ2n) is 6.33. The number of thioether (sulfide) groups is 1. The smallest absolute Gasteiger partial charge is 0.191 e. The van der Waals surface area contributed by atoms with Gasteiger partial charge in [-0.3, -0.25) is 9.89 Å². The Morgan fingerprint density at radius 2 is 2.00 bits per heavy atom. The molecule has 2 rings (SSSR count). The lowest BCUT2D eigenvalue weighted by Gasteiger charge is -2.26. The maximum atomic E-state index is 5.38. The van der Waals surface area contributed by atoms with Crippen molar-refractivity contribution in [2.45, 2.75) is 31.2 Å². The van der Waals surface area contributed by atoms with Crippen LogP contribution in [0.2, 0.25) is 0 Å². The van der Waals surface area contributed by atoms with Gasteiger partial charge in [-0.1, -0.05) is 12.1 Å². The highest BCUT2D eigenvalue weighted by atomic mass is 127. The van der Waals surface area contributed by atoms with Gasteiger partial charge in [0, 0.05) is 38.1 Å². The predicted octanol–water partition coefficient (Wildman–Crippen LogP) is 3.11. The van der Waals surface area contributed by atoms with E-state index >= 15 is 0 Å². The summed E-state index contributed by atoms with van der Waals surface area (Å²) in [6, 6.07) is 6.60. The van der Waals surface area contributed by atoms with Gasteiger partial charge in [-0.15, -0.1) is 35.7 Å². The van der Waals surface area contributed by atoms with E-state index in [2.05, 4.69) is 51.9 Å². The number of aliphatic imine (C=N–C) groups is 1. The topological polar surface area (TPSA) is 48.9 Å². The van der Waals surface area contributed by atoms with Gasteiger partial charge in [0.25, 0.3) is 0 Å². The van der Waals surface area contributed by atoms with Crippen LogP contribution in [0.5, 0.6) is 0 Å². The highest BCUT2D eigenvalue weighted by molar-refractivity contribution is 14.0. The number of unbranched alkanes of at least 4 members (excludes halogenated alkanes) is 1. The molecule has 5 nitrogen and oxygen atoms in total. The van der Waals surface area contributed by atoms with Gasteiger partial charge in [0.05, 0.1) is 13.2 Å². The molecule has 0 bridgehead atoms. The van der Waals surface area contributed by atoms with Crippen molar-refractivity contribution in [3.05, 3.63) is 29.3 Å². The van der Waals surface area contributed by atoms with Crippen molar-refractivity contribution in [1.82, 2.24) is 15.5 Å². The third-order valence-corrected chi connectivity index (χ3v) is 5.23. The van der Waals surface area contributed by atoms with E-state index in [1.807, 2.05) is 7.05 Å². The molecule has 1 aliphatic rings. The lowest BCUT2D eigenvalue weighted by Crippen LogP contribution is -2.38. The minimum absolute atomic E-state index is 0. The molecule has 0 aromatic heterocycles. The van der Waals surface area contributed by atoms with Gasteiger partial charge in [-0.2, -0.15) is 0 Å². The molecule has 0 spiro atoms. The van der Waals surface area contributed by atoms with Crippen molar-refractivity contribution in [1.29, 1.82) is 0 Å². The third kappa shape index (κ3) is 8.45. The zero-order chi connectivity index (χ0) is 17.9. The van der Waals surface area contributed by atoms with Gasteiger partial charge < -0.3 is 15.4 Å². The summed E-state index contributed by atoms with van der Waals surface area (Å²) in [5.74, 6) is 0.874. The molecule has 148 valence electrons. The van der Waals surface area contributed by atoms with Crippen molar-refractivity contribution in [3.8, 4) is 0 Å². The van der Waals surface area contributed by atoms with Gasteiger partial charge in [0.2, 0.25) is 0 Å². The molecule has 1 saturated heterocycles. The molecule has 1 aromatic rings. The lowest BCUT2D eigenvalue weighted by molar-refractivity contribution is 0.0372. The number of morpholine rings is 1. The standard InChI is InChI=1S/C19H32N4OS.HI/c1-16-6-7-17(18(14-16)25-3)15-22-19(20-2)21-8-4-5-9-23-10-12-24-13-11-23;/h6-7,14H,4-5,8-13,15H2,1-3H3,(H2,20,21,22);1H. The third-order valence-electron chi connectivity index (χ3n) is 4.41. The normalized spacial score (nSPS) is 15.4. The molecule has 0 saturated carbocycles. The molecule has 2 N–H and O–H groups in total. The Bertz CT molecular complexity index is 550. The molecule has 1 aliphatic heterocycles. The maximum absolute atomic E-state index is 5.38. The first-order chi connectivity index (χ1) is 12.2. The molecule has 26 heavy (non-hydrogen) atoms. The molecule has 1 heterocycles. The van der Waals surface area contributed by atoms with Gasteiger partial charge >= 0.3 is 0 Å². The molecule has 1 fully saturated rings. The van der Waals surface area contributed by atoms with Crippen LogP contribution in [0.1, 0.15) is 24.0 Å². The fourth-order valence-electron chi connectivity index (χ4n) is 2.89. The minimum Gasteiger partial charge on any atom is -0.379 e. The molecular formula is C19H33IN4OS. The Balaban J connectivity index is 0.00000338. The van der Waals surface area contributed by atoms with Crippen LogP contribution in [0.3, 0.4) is 0 Å². The van der Waals surface area contributed by atoms with Crippen LogP contribution < -0.4 is 10.6 Å². The predicted molar refractivity (Wildman–Crippen MR) is 123 cm³/mol. The van der Waals surface area contributed by atoms with Gasteiger partial charge in [0.1, 0.15) is 0 Å². The summed E-state index contributed by atoms with van der Waals surface area (Å²) < 4.78 is 5.38.